The highest BCUT2D eigenvalue weighted by Crippen LogP contribution is 2.40. The van der Waals surface area contributed by atoms with Gasteiger partial charge in [0.1, 0.15) is 11.5 Å². The molecule has 0 spiro atoms. The Labute approximate surface area is 195 Å². The Balaban J connectivity index is 1.90. The molecule has 0 amide bonds. The Kier molecular flexibility index (Phi) is 8.89. The summed E-state index contributed by atoms with van der Waals surface area (Å²) >= 11 is 0. The molecule has 0 fully saturated rings. The fourth-order valence-electron chi connectivity index (χ4n) is 3.72. The Bertz CT molecular complexity index is 1090. The number of carbonyl (C=O) groups is 1. The maximum atomic E-state index is 11.6. The van der Waals surface area contributed by atoms with Crippen LogP contribution < -0.4 is 4.74 Å². The molecular weight excluding hydrogens is 412 g/mol. The molecule has 1 N–H and O–H groups in total. The maximum absolute atomic E-state index is 11.6. The Morgan fingerprint density at radius 1 is 0.879 bits per heavy atom. The minimum absolute atomic E-state index is 0.128. The van der Waals surface area contributed by atoms with Crippen molar-refractivity contribution in [3.05, 3.63) is 101 Å². The number of benzene rings is 3. The van der Waals surface area contributed by atoms with E-state index in [1.54, 1.807) is 13.2 Å². The second-order valence-corrected chi connectivity index (χ2v) is 7.74. The van der Waals surface area contributed by atoms with Crippen molar-refractivity contribution < 1.29 is 19.4 Å². The number of hydrogen-bond donors (Lipinski definition) is 1. The van der Waals surface area contributed by atoms with E-state index >= 15 is 0 Å². The summed E-state index contributed by atoms with van der Waals surface area (Å²) in [7, 11) is 3.00. The van der Waals surface area contributed by atoms with Gasteiger partial charge in [-0.05, 0) is 41.7 Å². The number of carbonyl (C=O) groups excluding carboxylic acids is 1. The first-order valence-electron chi connectivity index (χ1n) is 11.0. The lowest BCUT2D eigenvalue weighted by Crippen LogP contribution is -2.04. The van der Waals surface area contributed by atoms with Crippen LogP contribution in [0.4, 0.5) is 0 Å². The van der Waals surface area contributed by atoms with Gasteiger partial charge in [0.25, 0.3) is 0 Å². The second kappa shape index (κ2) is 12.3. The Morgan fingerprint density at radius 2 is 1.48 bits per heavy atom. The van der Waals surface area contributed by atoms with Crippen LogP contribution in [0.2, 0.25) is 0 Å². The highest BCUT2D eigenvalue weighted by molar-refractivity contribution is 5.72. The van der Waals surface area contributed by atoms with Crippen LogP contribution in [0.25, 0.3) is 18.2 Å². The lowest BCUT2D eigenvalue weighted by Gasteiger charge is -2.19. The van der Waals surface area contributed by atoms with Crippen molar-refractivity contribution in [1.29, 1.82) is 0 Å². The van der Waals surface area contributed by atoms with Crippen LogP contribution in [0.1, 0.15) is 47.4 Å². The number of hydrogen-bond acceptors (Lipinski definition) is 4. The highest BCUT2D eigenvalue weighted by atomic mass is 16.5. The summed E-state index contributed by atoms with van der Waals surface area (Å²) in [4.78, 5) is 11.6. The van der Waals surface area contributed by atoms with E-state index < -0.39 is 0 Å². The van der Waals surface area contributed by atoms with E-state index in [1.807, 2.05) is 85.0 Å². The van der Waals surface area contributed by atoms with Crippen molar-refractivity contribution >= 4 is 24.2 Å². The van der Waals surface area contributed by atoms with E-state index in [-0.39, 0.29) is 17.6 Å². The summed E-state index contributed by atoms with van der Waals surface area (Å²) in [6.07, 6.45) is 9.67. The number of ether oxygens (including phenoxy) is 2. The third-order valence-electron chi connectivity index (χ3n) is 5.45. The van der Waals surface area contributed by atoms with Crippen LogP contribution in [-0.2, 0) is 9.53 Å². The molecule has 3 aromatic carbocycles. The zero-order valence-electron chi connectivity index (χ0n) is 19.1. The van der Waals surface area contributed by atoms with Gasteiger partial charge in [-0.15, -0.1) is 0 Å². The molecule has 0 bridgehead atoms. The molecule has 170 valence electrons. The average molecular weight is 443 g/mol. The molecule has 3 aromatic rings. The molecule has 3 rings (SSSR count). The number of phenols is 1. The van der Waals surface area contributed by atoms with Crippen LogP contribution >= 0.6 is 0 Å². The molecule has 0 saturated heterocycles. The van der Waals surface area contributed by atoms with Crippen LogP contribution in [0.15, 0.2) is 78.9 Å². The fraction of sp³-hybridized carbons (Fsp3) is 0.207. The third-order valence-corrected chi connectivity index (χ3v) is 5.45. The molecule has 0 heterocycles. The molecule has 0 saturated carbocycles. The third kappa shape index (κ3) is 7.11. The van der Waals surface area contributed by atoms with Gasteiger partial charge >= 0.3 is 5.97 Å². The van der Waals surface area contributed by atoms with Crippen LogP contribution in [0.3, 0.4) is 0 Å². The van der Waals surface area contributed by atoms with Crippen LogP contribution in [0, 0.1) is 0 Å². The molecule has 0 aliphatic rings. The summed E-state index contributed by atoms with van der Waals surface area (Å²) in [5.74, 6) is 0.418. The second-order valence-electron chi connectivity index (χ2n) is 7.74. The molecule has 1 unspecified atom stereocenters. The normalized spacial score (nSPS) is 12.2. The van der Waals surface area contributed by atoms with E-state index in [0.29, 0.717) is 30.6 Å². The van der Waals surface area contributed by atoms with Crippen molar-refractivity contribution in [2.24, 2.45) is 0 Å². The lowest BCUT2D eigenvalue weighted by molar-refractivity contribution is -0.140. The number of rotatable bonds is 10. The molecule has 0 radical (unpaired) electrons. The van der Waals surface area contributed by atoms with E-state index in [2.05, 4.69) is 6.08 Å². The number of phenolic OH excluding ortho intramolecular Hbond substituents is 1. The lowest BCUT2D eigenvalue weighted by atomic mass is 9.90. The van der Waals surface area contributed by atoms with Gasteiger partial charge in [0, 0.05) is 17.9 Å². The quantitative estimate of drug-likeness (QED) is 0.280. The molecule has 4 nitrogen and oxygen atoms in total. The predicted molar refractivity (Wildman–Crippen MR) is 134 cm³/mol. The standard InChI is InChI=1S/C29H30O4/c1-32-27-21-24(17-16-22-10-5-3-6-11-22)20-26(30)29(27)25(14-9-15-28(31)33-2)19-18-23-12-7-4-8-13-23/h3-8,10-13,16-21,25,30H,9,14-15H2,1-2H3/b17-16+,19-18+. The molecular formula is C29H30O4. The van der Waals surface area contributed by atoms with E-state index in [4.69, 9.17) is 9.47 Å². The first-order chi connectivity index (χ1) is 16.1. The number of aromatic hydroxyl groups is 1. The van der Waals surface area contributed by atoms with Crippen molar-refractivity contribution in [2.45, 2.75) is 25.2 Å². The minimum Gasteiger partial charge on any atom is -0.507 e. The first-order valence-corrected chi connectivity index (χ1v) is 11.0. The van der Waals surface area contributed by atoms with Gasteiger partial charge in [-0.25, -0.2) is 0 Å². The van der Waals surface area contributed by atoms with Gasteiger partial charge in [0.05, 0.1) is 14.2 Å². The summed E-state index contributed by atoms with van der Waals surface area (Å²) in [6, 6.07) is 23.7. The van der Waals surface area contributed by atoms with E-state index in [9.17, 15) is 9.90 Å². The number of methoxy groups -OCH3 is 2. The molecule has 1 atom stereocenters. The summed E-state index contributed by atoms with van der Waals surface area (Å²) < 4.78 is 10.5. The molecule has 0 aromatic heterocycles. The maximum Gasteiger partial charge on any atom is 0.305 e. The van der Waals surface area contributed by atoms with Gasteiger partial charge in [-0.3, -0.25) is 4.79 Å². The average Bonchev–Trinajstić information content (AvgIpc) is 2.85. The zero-order chi connectivity index (χ0) is 23.5. The van der Waals surface area contributed by atoms with Gasteiger partial charge < -0.3 is 14.6 Å². The SMILES string of the molecule is COC(=O)CCCC(/C=C/c1ccccc1)c1c(O)cc(/C=C/c2ccccc2)cc1OC. The number of allylic oxidation sites excluding steroid dienone is 1. The first kappa shape index (κ1) is 23.9. The smallest absolute Gasteiger partial charge is 0.305 e. The Hall–Kier alpha value is -3.79. The van der Waals surface area contributed by atoms with E-state index in [0.717, 1.165) is 16.7 Å². The molecule has 0 aliphatic heterocycles. The zero-order valence-corrected chi connectivity index (χ0v) is 19.1. The number of esters is 1. The van der Waals surface area contributed by atoms with Crippen molar-refractivity contribution in [2.75, 3.05) is 14.2 Å². The minimum atomic E-state index is -0.238. The van der Waals surface area contributed by atoms with Crippen molar-refractivity contribution in [1.82, 2.24) is 0 Å². The monoisotopic (exact) mass is 442 g/mol. The van der Waals surface area contributed by atoms with Gasteiger partial charge in [0.2, 0.25) is 0 Å². The summed E-state index contributed by atoms with van der Waals surface area (Å²) in [6.45, 7) is 0. The van der Waals surface area contributed by atoms with Crippen LogP contribution in [0.5, 0.6) is 11.5 Å². The predicted octanol–water partition coefficient (Wildman–Crippen LogP) is 6.71. The van der Waals surface area contributed by atoms with Gasteiger partial charge in [0.15, 0.2) is 0 Å². The topological polar surface area (TPSA) is 55.8 Å². The molecule has 0 aliphatic carbocycles. The fourth-order valence-corrected chi connectivity index (χ4v) is 3.72. The summed E-state index contributed by atoms with van der Waals surface area (Å²) in [5, 5.41) is 11.0. The largest absolute Gasteiger partial charge is 0.507 e. The van der Waals surface area contributed by atoms with E-state index in [1.165, 1.54) is 7.11 Å². The van der Waals surface area contributed by atoms with Crippen molar-refractivity contribution in [3.63, 3.8) is 0 Å². The summed E-state index contributed by atoms with van der Waals surface area (Å²) in [5.41, 5.74) is 3.70. The Morgan fingerprint density at radius 3 is 2.09 bits per heavy atom. The van der Waals surface area contributed by atoms with Crippen molar-refractivity contribution in [3.8, 4) is 11.5 Å². The van der Waals surface area contributed by atoms with Crippen LogP contribution in [-0.4, -0.2) is 25.3 Å². The van der Waals surface area contributed by atoms with Gasteiger partial charge in [-0.2, -0.15) is 0 Å². The van der Waals surface area contributed by atoms with Gasteiger partial charge in [-0.1, -0.05) is 85.0 Å². The molecule has 4 heteroatoms. The molecule has 33 heavy (non-hydrogen) atoms. The highest BCUT2D eigenvalue weighted by Gasteiger charge is 2.19.